The Morgan fingerprint density at radius 3 is 2.29 bits per heavy atom. The fourth-order valence-electron chi connectivity index (χ4n) is 5.06. The average molecular weight is 493 g/mol. The lowest BCUT2D eigenvalue weighted by Crippen LogP contribution is -2.27. The van der Waals surface area contributed by atoms with E-state index in [4.69, 9.17) is 4.74 Å². The molecule has 184 valence electrons. The first-order valence-corrected chi connectivity index (χ1v) is 14.0. The van der Waals surface area contributed by atoms with Crippen molar-refractivity contribution in [2.24, 2.45) is 17.8 Å². The summed E-state index contributed by atoms with van der Waals surface area (Å²) in [5.74, 6) is 3.60. The van der Waals surface area contributed by atoms with Crippen LogP contribution in [0.25, 0.3) is 11.1 Å². The molecule has 2 unspecified atom stereocenters. The largest absolute Gasteiger partial charge is 0.493 e. The number of nitrogens with zero attached hydrogens (tertiary/aromatic N) is 3. The first-order chi connectivity index (χ1) is 16.9. The summed E-state index contributed by atoms with van der Waals surface area (Å²) in [5.41, 5.74) is 4.27. The minimum absolute atomic E-state index is 0.328. The highest BCUT2D eigenvalue weighted by Gasteiger charge is 2.56. The number of nitrogens with one attached hydrogen (secondary N) is 1. The molecule has 1 aliphatic heterocycles. The van der Waals surface area contributed by atoms with E-state index in [0.29, 0.717) is 29.2 Å². The van der Waals surface area contributed by atoms with E-state index in [2.05, 4.69) is 33.2 Å². The molecule has 2 fully saturated rings. The molecule has 2 heterocycles. The molecule has 8 heteroatoms. The molecule has 2 aliphatic rings. The molecule has 3 aromatic rings. The summed E-state index contributed by atoms with van der Waals surface area (Å²) in [4.78, 5) is 11.7. The zero-order chi connectivity index (χ0) is 24.6. The van der Waals surface area contributed by atoms with Gasteiger partial charge >= 0.3 is 0 Å². The highest BCUT2D eigenvalue weighted by Crippen LogP contribution is 2.52. The highest BCUT2D eigenvalue weighted by molar-refractivity contribution is 7.90. The number of aromatic nitrogens is 2. The Labute approximate surface area is 207 Å². The van der Waals surface area contributed by atoms with Crippen molar-refractivity contribution in [2.45, 2.75) is 24.8 Å². The van der Waals surface area contributed by atoms with Crippen molar-refractivity contribution in [3.05, 3.63) is 66.0 Å². The molecule has 0 bridgehead atoms. The lowest BCUT2D eigenvalue weighted by Gasteiger charge is -2.20. The average Bonchev–Trinajstić information content (AvgIpc) is 3.31. The van der Waals surface area contributed by atoms with Crippen molar-refractivity contribution < 1.29 is 13.2 Å². The molecule has 35 heavy (non-hydrogen) atoms. The van der Waals surface area contributed by atoms with Crippen molar-refractivity contribution >= 4 is 15.8 Å². The maximum atomic E-state index is 11.7. The van der Waals surface area contributed by atoms with Gasteiger partial charge in [-0.2, -0.15) is 0 Å². The molecule has 2 aromatic carbocycles. The molecule has 1 N–H and O–H groups in total. The van der Waals surface area contributed by atoms with Crippen LogP contribution in [0.15, 0.2) is 59.8 Å². The molecule has 1 aliphatic carbocycles. The summed E-state index contributed by atoms with van der Waals surface area (Å²) < 4.78 is 29.8. The van der Waals surface area contributed by atoms with Crippen LogP contribution in [0.2, 0.25) is 0 Å². The Morgan fingerprint density at radius 1 is 1.03 bits per heavy atom. The number of aryl methyl sites for hydroxylation is 1. The second-order valence-electron chi connectivity index (χ2n) is 9.60. The van der Waals surface area contributed by atoms with Crippen molar-refractivity contribution in [1.82, 2.24) is 15.3 Å². The predicted molar refractivity (Wildman–Crippen MR) is 137 cm³/mol. The van der Waals surface area contributed by atoms with Crippen LogP contribution in [-0.4, -0.2) is 51.4 Å². The van der Waals surface area contributed by atoms with Crippen molar-refractivity contribution in [2.75, 3.05) is 37.9 Å². The SMILES string of the molecule is CCc1cnc(N2CC3C(COc4ccc(-c5ccc(S(C)(=O)=O)cc5)cc4CNC)[C@@H]3C2)nc1. The Balaban J connectivity index is 1.21. The maximum Gasteiger partial charge on any atom is 0.225 e. The molecular formula is C27H32N4O3S. The van der Waals surface area contributed by atoms with Crippen LogP contribution in [0, 0.1) is 17.8 Å². The first kappa shape index (κ1) is 23.8. The van der Waals surface area contributed by atoms with E-state index < -0.39 is 9.84 Å². The second-order valence-corrected chi connectivity index (χ2v) is 11.6. The van der Waals surface area contributed by atoms with Gasteiger partial charge in [-0.25, -0.2) is 18.4 Å². The van der Waals surface area contributed by atoms with Gasteiger partial charge < -0.3 is 15.0 Å². The zero-order valence-corrected chi connectivity index (χ0v) is 21.3. The molecule has 5 rings (SSSR count). The van der Waals surface area contributed by atoms with Crippen LogP contribution in [-0.2, 0) is 22.8 Å². The Morgan fingerprint density at radius 2 is 1.69 bits per heavy atom. The molecule has 0 spiro atoms. The van der Waals surface area contributed by atoms with Crippen LogP contribution >= 0.6 is 0 Å². The van der Waals surface area contributed by atoms with E-state index in [-0.39, 0.29) is 0 Å². The topological polar surface area (TPSA) is 84.4 Å². The summed E-state index contributed by atoms with van der Waals surface area (Å²) in [6.07, 6.45) is 6.04. The van der Waals surface area contributed by atoms with Crippen molar-refractivity contribution in [1.29, 1.82) is 0 Å². The molecule has 1 aromatic heterocycles. The van der Waals surface area contributed by atoms with Gasteiger partial charge in [0, 0.05) is 49.8 Å². The molecule has 7 nitrogen and oxygen atoms in total. The van der Waals surface area contributed by atoms with Crippen molar-refractivity contribution in [3.8, 4) is 16.9 Å². The Bertz CT molecular complexity index is 1280. The number of piperidine rings is 1. The number of anilines is 1. The predicted octanol–water partition coefficient (Wildman–Crippen LogP) is 3.59. The second kappa shape index (κ2) is 9.59. The monoisotopic (exact) mass is 492 g/mol. The summed E-state index contributed by atoms with van der Waals surface area (Å²) in [6.45, 7) is 5.52. The number of hydrogen-bond acceptors (Lipinski definition) is 7. The van der Waals surface area contributed by atoms with Gasteiger partial charge in [0.15, 0.2) is 9.84 Å². The molecule has 0 radical (unpaired) electrons. The fraction of sp³-hybridized carbons (Fsp3) is 0.407. The minimum atomic E-state index is -3.20. The third kappa shape index (κ3) is 5.04. The van der Waals surface area contributed by atoms with Crippen molar-refractivity contribution in [3.63, 3.8) is 0 Å². The molecule has 1 saturated heterocycles. The van der Waals surface area contributed by atoms with Gasteiger partial charge in [0.25, 0.3) is 0 Å². The van der Waals surface area contributed by atoms with E-state index in [1.807, 2.05) is 43.7 Å². The van der Waals surface area contributed by atoms with Crippen LogP contribution in [0.3, 0.4) is 0 Å². The van der Waals surface area contributed by atoms with E-state index in [1.54, 1.807) is 12.1 Å². The number of ether oxygens (including phenoxy) is 1. The summed E-state index contributed by atoms with van der Waals surface area (Å²) >= 11 is 0. The Hall–Kier alpha value is -2.97. The van der Waals surface area contributed by atoms with Crippen LogP contribution in [0.1, 0.15) is 18.1 Å². The Kier molecular flexibility index (Phi) is 6.51. The van der Waals surface area contributed by atoms with Gasteiger partial charge in [-0.3, -0.25) is 0 Å². The van der Waals surface area contributed by atoms with Crippen LogP contribution in [0.5, 0.6) is 5.75 Å². The third-order valence-electron chi connectivity index (χ3n) is 7.23. The standard InChI is InChI=1S/C27H32N4O3S/c1-4-18-12-29-27(30-13-18)31-15-23-24(16-31)25(23)17-34-26-10-7-20(11-21(26)14-28-2)19-5-8-22(9-6-19)35(3,32)33/h5-13,23-25,28H,4,14-17H2,1-3H3/t23-,24?,25?/m1/s1. The number of sulfone groups is 1. The van der Waals surface area contributed by atoms with Gasteiger partial charge in [-0.15, -0.1) is 0 Å². The van der Waals surface area contributed by atoms with Crippen LogP contribution < -0.4 is 15.0 Å². The molecular weight excluding hydrogens is 460 g/mol. The quantitative estimate of drug-likeness (QED) is 0.489. The van der Waals surface area contributed by atoms with Crippen LogP contribution in [0.4, 0.5) is 5.95 Å². The molecule has 3 atom stereocenters. The van der Waals surface area contributed by atoms with E-state index in [0.717, 1.165) is 54.5 Å². The van der Waals surface area contributed by atoms with E-state index in [1.165, 1.54) is 11.8 Å². The molecule has 0 amide bonds. The summed E-state index contributed by atoms with van der Waals surface area (Å²) in [5, 5.41) is 3.23. The first-order valence-electron chi connectivity index (χ1n) is 12.1. The molecule has 1 saturated carbocycles. The summed E-state index contributed by atoms with van der Waals surface area (Å²) in [7, 11) is -1.28. The fourth-order valence-corrected chi connectivity index (χ4v) is 5.69. The van der Waals surface area contributed by atoms with Gasteiger partial charge in [0.1, 0.15) is 5.75 Å². The zero-order valence-electron chi connectivity index (χ0n) is 20.4. The van der Waals surface area contributed by atoms with E-state index >= 15 is 0 Å². The maximum absolute atomic E-state index is 11.7. The number of fused-ring (bicyclic) bond motifs is 1. The minimum Gasteiger partial charge on any atom is -0.493 e. The van der Waals surface area contributed by atoms with E-state index in [9.17, 15) is 8.42 Å². The summed E-state index contributed by atoms with van der Waals surface area (Å²) in [6, 6.07) is 13.2. The smallest absolute Gasteiger partial charge is 0.225 e. The number of rotatable bonds is 9. The van der Waals surface area contributed by atoms with Gasteiger partial charge in [-0.05, 0) is 66.3 Å². The lowest BCUT2D eigenvalue weighted by atomic mass is 10.0. The van der Waals surface area contributed by atoms with Gasteiger partial charge in [0.05, 0.1) is 11.5 Å². The van der Waals surface area contributed by atoms with Gasteiger partial charge in [-0.1, -0.05) is 25.1 Å². The normalized spacial score (nSPS) is 21.1. The third-order valence-corrected chi connectivity index (χ3v) is 8.36. The number of hydrogen-bond donors (Lipinski definition) is 1. The van der Waals surface area contributed by atoms with Gasteiger partial charge in [0.2, 0.25) is 5.95 Å². The highest BCUT2D eigenvalue weighted by atomic mass is 32.2. The number of benzene rings is 2. The lowest BCUT2D eigenvalue weighted by molar-refractivity contribution is 0.280.